The molecule has 3 aliphatic heterocycles. The van der Waals surface area contributed by atoms with Crippen LogP contribution < -0.4 is 28.7 Å². The molecule has 4 atom stereocenters. The minimum atomic E-state index is 0.222. The third-order valence-corrected chi connectivity index (χ3v) is 8.65. The van der Waals surface area contributed by atoms with E-state index in [-0.39, 0.29) is 24.3 Å². The largest absolute Gasteiger partial charge is 0.491 e. The number of piperazine rings is 1. The Morgan fingerprint density at radius 2 is 1.05 bits per heavy atom. The van der Waals surface area contributed by atoms with Gasteiger partial charge in [-0.2, -0.15) is 0 Å². The Morgan fingerprint density at radius 3 is 1.43 bits per heavy atom. The van der Waals surface area contributed by atoms with Crippen LogP contribution in [0.4, 0.5) is 11.4 Å². The van der Waals surface area contributed by atoms with Gasteiger partial charge in [-0.05, 0) is 51.0 Å². The van der Waals surface area contributed by atoms with Gasteiger partial charge in [0, 0.05) is 37.3 Å². The van der Waals surface area contributed by atoms with E-state index in [1.165, 1.54) is 38.5 Å². The molecular weight excluding hydrogens is 556 g/mol. The normalized spacial score (nSPS) is 22.5. The number of anilines is 2. The molecule has 44 heavy (non-hydrogen) atoms. The molecule has 8 nitrogen and oxygen atoms in total. The first-order valence-electron chi connectivity index (χ1n) is 17.1. The van der Waals surface area contributed by atoms with Crippen LogP contribution in [0.1, 0.15) is 79.1 Å². The minimum absolute atomic E-state index is 0.222. The lowest BCUT2D eigenvalue weighted by molar-refractivity contribution is 0.259. The van der Waals surface area contributed by atoms with E-state index in [0.717, 1.165) is 73.5 Å². The fourth-order valence-corrected chi connectivity index (χ4v) is 5.80. The van der Waals surface area contributed by atoms with Crippen LogP contribution >= 0.6 is 0 Å². The van der Waals surface area contributed by atoms with Crippen molar-refractivity contribution in [2.45, 2.75) is 103 Å². The molecule has 0 amide bonds. The second-order valence-corrected chi connectivity index (χ2v) is 12.6. The molecule has 0 aromatic heterocycles. The van der Waals surface area contributed by atoms with E-state index in [2.05, 4.69) is 73.9 Å². The molecular formula is C36H54N2O6. The quantitative estimate of drug-likeness (QED) is 0.115. The Bertz CT molecular complexity index is 1060. The number of epoxide rings is 2. The Hall–Kier alpha value is -2.84. The zero-order valence-corrected chi connectivity index (χ0v) is 27.4. The molecule has 3 aliphatic rings. The summed E-state index contributed by atoms with van der Waals surface area (Å²) in [6.07, 6.45) is 9.85. The molecule has 0 bridgehead atoms. The monoisotopic (exact) mass is 610 g/mol. The summed E-state index contributed by atoms with van der Waals surface area (Å²) < 4.78 is 35.6. The van der Waals surface area contributed by atoms with Crippen molar-refractivity contribution in [3.63, 3.8) is 0 Å². The highest BCUT2D eigenvalue weighted by Crippen LogP contribution is 2.40. The van der Waals surface area contributed by atoms with Crippen LogP contribution in [0.2, 0.25) is 0 Å². The summed E-state index contributed by atoms with van der Waals surface area (Å²) in [5.41, 5.74) is 2.26. The van der Waals surface area contributed by atoms with Gasteiger partial charge in [0.2, 0.25) is 0 Å². The number of rotatable bonds is 20. The fraction of sp³-hybridized carbons (Fsp3) is 0.667. The lowest BCUT2D eigenvalue weighted by Crippen LogP contribution is -2.57. The van der Waals surface area contributed by atoms with E-state index in [1.54, 1.807) is 0 Å². The van der Waals surface area contributed by atoms with Crippen molar-refractivity contribution in [1.29, 1.82) is 0 Å². The summed E-state index contributed by atoms with van der Waals surface area (Å²) >= 11 is 0. The maximum atomic E-state index is 6.43. The Labute approximate surface area is 264 Å². The zero-order valence-electron chi connectivity index (χ0n) is 27.4. The van der Waals surface area contributed by atoms with E-state index >= 15 is 0 Å². The molecule has 3 heterocycles. The first-order chi connectivity index (χ1) is 21.6. The second kappa shape index (κ2) is 16.5. The average molecular weight is 611 g/mol. The summed E-state index contributed by atoms with van der Waals surface area (Å²) in [6, 6.07) is 13.1. The summed E-state index contributed by atoms with van der Waals surface area (Å²) in [6.45, 7) is 15.0. The van der Waals surface area contributed by atoms with Crippen molar-refractivity contribution >= 4 is 11.4 Å². The van der Waals surface area contributed by atoms with Crippen LogP contribution in [-0.4, -0.2) is 77.0 Å². The van der Waals surface area contributed by atoms with Gasteiger partial charge in [0.25, 0.3) is 0 Å². The maximum Gasteiger partial charge on any atom is 0.146 e. The number of benzene rings is 2. The van der Waals surface area contributed by atoms with Crippen LogP contribution in [0.15, 0.2) is 36.4 Å². The van der Waals surface area contributed by atoms with Gasteiger partial charge >= 0.3 is 0 Å². The molecule has 0 N–H and O–H groups in total. The van der Waals surface area contributed by atoms with Crippen molar-refractivity contribution < 1.29 is 28.4 Å². The van der Waals surface area contributed by atoms with Crippen molar-refractivity contribution in [2.75, 3.05) is 62.5 Å². The molecule has 3 fully saturated rings. The second-order valence-electron chi connectivity index (χ2n) is 12.6. The molecule has 0 spiro atoms. The third-order valence-electron chi connectivity index (χ3n) is 8.65. The molecule has 8 heteroatoms. The van der Waals surface area contributed by atoms with Gasteiger partial charge in [-0.25, -0.2) is 0 Å². The summed E-state index contributed by atoms with van der Waals surface area (Å²) in [5.74, 6) is 3.48. The minimum Gasteiger partial charge on any atom is -0.491 e. The van der Waals surface area contributed by atoms with Gasteiger partial charge in [-0.1, -0.05) is 52.4 Å². The predicted molar refractivity (Wildman–Crippen MR) is 176 cm³/mol. The zero-order chi connectivity index (χ0) is 30.7. The summed E-state index contributed by atoms with van der Waals surface area (Å²) in [5, 5.41) is 0. The van der Waals surface area contributed by atoms with Gasteiger partial charge in [-0.15, -0.1) is 0 Å². The van der Waals surface area contributed by atoms with Gasteiger partial charge in [0.05, 0.1) is 37.8 Å². The molecule has 5 rings (SSSR count). The number of nitrogens with zero attached hydrogens (tertiary/aromatic N) is 2. The highest BCUT2D eigenvalue weighted by atomic mass is 16.6. The van der Waals surface area contributed by atoms with E-state index in [1.807, 2.05) is 0 Å². The van der Waals surface area contributed by atoms with Crippen LogP contribution in [0.3, 0.4) is 0 Å². The van der Waals surface area contributed by atoms with Gasteiger partial charge < -0.3 is 38.2 Å². The molecule has 3 saturated heterocycles. The Morgan fingerprint density at radius 1 is 0.614 bits per heavy atom. The van der Waals surface area contributed by atoms with E-state index < -0.39 is 0 Å². The highest BCUT2D eigenvalue weighted by Gasteiger charge is 2.33. The Balaban J connectivity index is 1.29. The third kappa shape index (κ3) is 9.58. The van der Waals surface area contributed by atoms with Crippen LogP contribution in [-0.2, 0) is 9.47 Å². The van der Waals surface area contributed by atoms with Crippen LogP contribution in [0, 0.1) is 0 Å². The average Bonchev–Trinajstić information content (AvgIpc) is 3.96. The van der Waals surface area contributed by atoms with Crippen molar-refractivity contribution in [2.24, 2.45) is 0 Å². The molecule has 0 aliphatic carbocycles. The molecule has 2 aromatic rings. The van der Waals surface area contributed by atoms with Crippen molar-refractivity contribution in [1.82, 2.24) is 0 Å². The fourth-order valence-electron chi connectivity index (χ4n) is 5.80. The molecule has 0 saturated carbocycles. The first kappa shape index (κ1) is 32.6. The van der Waals surface area contributed by atoms with Crippen LogP contribution in [0.25, 0.3) is 0 Å². The number of unbranched alkanes of at least 4 members (excludes halogenated alkanes) is 6. The standard InChI is InChI=1S/C36H54N2O6/c1-5-7-9-11-17-39-35-19-29(41-23-31-25-43-31)13-15-33(35)37-21-28(4)38(22-27(37)3)34-16-14-30(42-24-32-26-44-32)20-36(34)40-18-12-10-8-6-2/h13-16,19-20,27-28,31-32H,5-12,17-18,21-26H2,1-4H3. The first-order valence-corrected chi connectivity index (χ1v) is 17.1. The number of hydrogen-bond donors (Lipinski definition) is 0. The predicted octanol–water partition coefficient (Wildman–Crippen LogP) is 7.26. The number of ether oxygens (including phenoxy) is 6. The van der Waals surface area contributed by atoms with Crippen molar-refractivity contribution in [3.8, 4) is 23.0 Å². The maximum absolute atomic E-state index is 6.43. The lowest BCUT2D eigenvalue weighted by Gasteiger charge is -2.47. The van der Waals surface area contributed by atoms with Gasteiger partial charge in [0.15, 0.2) is 0 Å². The molecule has 2 aromatic carbocycles. The molecule has 0 radical (unpaired) electrons. The van der Waals surface area contributed by atoms with E-state index in [9.17, 15) is 0 Å². The van der Waals surface area contributed by atoms with Gasteiger partial charge in [-0.3, -0.25) is 0 Å². The Kier molecular flexibility index (Phi) is 12.2. The molecule has 244 valence electrons. The highest BCUT2D eigenvalue weighted by molar-refractivity contribution is 5.66. The van der Waals surface area contributed by atoms with E-state index in [0.29, 0.717) is 26.4 Å². The smallest absolute Gasteiger partial charge is 0.146 e. The topological polar surface area (TPSA) is 68.5 Å². The van der Waals surface area contributed by atoms with Crippen molar-refractivity contribution in [3.05, 3.63) is 36.4 Å². The molecule has 4 unspecified atom stereocenters. The van der Waals surface area contributed by atoms with E-state index in [4.69, 9.17) is 28.4 Å². The summed E-state index contributed by atoms with van der Waals surface area (Å²) in [4.78, 5) is 4.99. The summed E-state index contributed by atoms with van der Waals surface area (Å²) in [7, 11) is 0. The van der Waals surface area contributed by atoms with Crippen LogP contribution in [0.5, 0.6) is 23.0 Å². The number of hydrogen-bond acceptors (Lipinski definition) is 8. The lowest BCUT2D eigenvalue weighted by atomic mass is 10.0. The van der Waals surface area contributed by atoms with Gasteiger partial charge in [0.1, 0.15) is 48.4 Å². The SMILES string of the molecule is CCCCCCOc1cc(OCC2CO2)ccc1N1CC(C)N(c2ccc(OCC3CO3)cc2OCCCCCC)CC1C.